The minimum Gasteiger partial charge on any atom is -0.355 e. The standard InChI is InChI=1S/C16H24N2O5S2/c1-24(20,21)12-9-17-16(19)13-14-7-10-18(11-8-14)25(22,23)15-5-3-2-4-6-15/h2-6,14H,7-13H2,1H3,(H,17,19). The number of sulfone groups is 1. The normalized spacial score (nSPS) is 17.3. The van der Waals surface area contributed by atoms with E-state index in [1.807, 2.05) is 0 Å². The topological polar surface area (TPSA) is 101 Å². The zero-order chi connectivity index (χ0) is 18.5. The van der Waals surface area contributed by atoms with E-state index in [0.29, 0.717) is 32.4 Å². The lowest BCUT2D eigenvalue weighted by Gasteiger charge is -2.31. The van der Waals surface area contributed by atoms with E-state index >= 15 is 0 Å². The predicted molar refractivity (Wildman–Crippen MR) is 95.3 cm³/mol. The van der Waals surface area contributed by atoms with Crippen molar-refractivity contribution in [3.8, 4) is 0 Å². The van der Waals surface area contributed by atoms with Crippen LogP contribution in [0, 0.1) is 5.92 Å². The number of nitrogens with zero attached hydrogens (tertiary/aromatic N) is 1. The Morgan fingerprint density at radius 2 is 1.72 bits per heavy atom. The molecule has 0 aromatic heterocycles. The van der Waals surface area contributed by atoms with Crippen LogP contribution in [0.1, 0.15) is 19.3 Å². The van der Waals surface area contributed by atoms with Gasteiger partial charge in [-0.25, -0.2) is 16.8 Å². The zero-order valence-corrected chi connectivity index (χ0v) is 15.9. The van der Waals surface area contributed by atoms with Gasteiger partial charge in [-0.3, -0.25) is 4.79 Å². The van der Waals surface area contributed by atoms with Crippen molar-refractivity contribution >= 4 is 25.8 Å². The first kappa shape index (κ1) is 19.9. The van der Waals surface area contributed by atoms with Gasteiger partial charge < -0.3 is 5.32 Å². The molecule has 1 aliphatic rings. The number of piperidine rings is 1. The third-order valence-electron chi connectivity index (χ3n) is 4.22. The molecule has 1 N–H and O–H groups in total. The smallest absolute Gasteiger partial charge is 0.243 e. The Balaban J connectivity index is 1.81. The van der Waals surface area contributed by atoms with Crippen LogP contribution in [0.15, 0.2) is 35.2 Å². The number of carbonyl (C=O) groups excluding carboxylic acids is 1. The van der Waals surface area contributed by atoms with Gasteiger partial charge in [-0.1, -0.05) is 18.2 Å². The van der Waals surface area contributed by atoms with Crippen molar-refractivity contribution in [3.63, 3.8) is 0 Å². The molecule has 0 saturated carbocycles. The number of benzene rings is 1. The average Bonchev–Trinajstić information content (AvgIpc) is 2.55. The van der Waals surface area contributed by atoms with Crippen molar-refractivity contribution in [2.24, 2.45) is 5.92 Å². The number of amides is 1. The maximum absolute atomic E-state index is 12.5. The monoisotopic (exact) mass is 388 g/mol. The molecule has 25 heavy (non-hydrogen) atoms. The van der Waals surface area contributed by atoms with Gasteiger partial charge in [0.05, 0.1) is 10.6 Å². The van der Waals surface area contributed by atoms with E-state index in [1.54, 1.807) is 30.3 Å². The van der Waals surface area contributed by atoms with Crippen LogP contribution in [0.25, 0.3) is 0 Å². The Hall–Kier alpha value is -1.45. The van der Waals surface area contributed by atoms with Crippen molar-refractivity contribution in [1.29, 1.82) is 0 Å². The maximum Gasteiger partial charge on any atom is 0.243 e. The van der Waals surface area contributed by atoms with E-state index in [-0.39, 0.29) is 29.0 Å². The fourth-order valence-electron chi connectivity index (χ4n) is 2.81. The molecule has 0 unspecified atom stereocenters. The van der Waals surface area contributed by atoms with Crippen molar-refractivity contribution < 1.29 is 21.6 Å². The summed E-state index contributed by atoms with van der Waals surface area (Å²) in [5.74, 6) is -0.152. The molecule has 0 atom stereocenters. The van der Waals surface area contributed by atoms with E-state index in [2.05, 4.69) is 5.32 Å². The lowest BCUT2D eigenvalue weighted by Crippen LogP contribution is -2.39. The summed E-state index contributed by atoms with van der Waals surface area (Å²) in [6.07, 6.45) is 2.65. The van der Waals surface area contributed by atoms with E-state index in [4.69, 9.17) is 0 Å². The molecule has 1 aromatic rings. The van der Waals surface area contributed by atoms with Crippen LogP contribution in [0.2, 0.25) is 0 Å². The van der Waals surface area contributed by atoms with Crippen LogP contribution in [-0.2, 0) is 24.7 Å². The Morgan fingerprint density at radius 1 is 1.12 bits per heavy atom. The molecule has 1 aromatic carbocycles. The largest absolute Gasteiger partial charge is 0.355 e. The summed E-state index contributed by atoms with van der Waals surface area (Å²) >= 11 is 0. The Morgan fingerprint density at radius 3 is 2.28 bits per heavy atom. The summed E-state index contributed by atoms with van der Waals surface area (Å²) in [6.45, 7) is 0.885. The van der Waals surface area contributed by atoms with Gasteiger partial charge in [-0.05, 0) is 30.9 Å². The Bertz CT molecular complexity index is 783. The van der Waals surface area contributed by atoms with Crippen molar-refractivity contribution in [3.05, 3.63) is 30.3 Å². The minimum absolute atomic E-state index is 0.0769. The Kier molecular flexibility index (Phi) is 6.59. The van der Waals surface area contributed by atoms with Crippen molar-refractivity contribution in [1.82, 2.24) is 9.62 Å². The van der Waals surface area contributed by atoms with Crippen LogP contribution >= 0.6 is 0 Å². The van der Waals surface area contributed by atoms with Crippen LogP contribution < -0.4 is 5.32 Å². The second-order valence-corrected chi connectivity index (χ2v) is 10.5. The van der Waals surface area contributed by atoms with Gasteiger partial charge in [-0.2, -0.15) is 4.31 Å². The van der Waals surface area contributed by atoms with E-state index in [9.17, 15) is 21.6 Å². The van der Waals surface area contributed by atoms with Crippen LogP contribution in [0.5, 0.6) is 0 Å². The molecular weight excluding hydrogens is 364 g/mol. The van der Waals surface area contributed by atoms with Crippen LogP contribution in [0.3, 0.4) is 0 Å². The molecule has 7 nitrogen and oxygen atoms in total. The summed E-state index contributed by atoms with van der Waals surface area (Å²) in [5.41, 5.74) is 0. The SMILES string of the molecule is CS(=O)(=O)CCNC(=O)CC1CCN(S(=O)(=O)c2ccccc2)CC1. The summed E-state index contributed by atoms with van der Waals surface area (Å²) in [7, 11) is -6.57. The lowest BCUT2D eigenvalue weighted by molar-refractivity contribution is -0.122. The molecule has 1 fully saturated rings. The quantitative estimate of drug-likeness (QED) is 0.739. The van der Waals surface area contributed by atoms with Crippen molar-refractivity contribution in [2.75, 3.05) is 31.6 Å². The zero-order valence-electron chi connectivity index (χ0n) is 14.2. The molecule has 2 rings (SSSR count). The first-order chi connectivity index (χ1) is 11.7. The first-order valence-corrected chi connectivity index (χ1v) is 11.7. The van der Waals surface area contributed by atoms with Gasteiger partial charge in [0.1, 0.15) is 9.84 Å². The van der Waals surface area contributed by atoms with E-state index < -0.39 is 19.9 Å². The number of sulfonamides is 1. The maximum atomic E-state index is 12.5. The highest BCUT2D eigenvalue weighted by molar-refractivity contribution is 7.90. The summed E-state index contributed by atoms with van der Waals surface area (Å²) in [4.78, 5) is 12.1. The highest BCUT2D eigenvalue weighted by Gasteiger charge is 2.29. The van der Waals surface area contributed by atoms with Crippen LogP contribution in [0.4, 0.5) is 0 Å². The number of hydrogen-bond donors (Lipinski definition) is 1. The van der Waals surface area contributed by atoms with E-state index in [0.717, 1.165) is 6.26 Å². The van der Waals surface area contributed by atoms with Gasteiger partial charge in [0.15, 0.2) is 0 Å². The molecule has 9 heteroatoms. The molecule has 0 aliphatic carbocycles. The first-order valence-electron chi connectivity index (χ1n) is 8.18. The molecule has 1 aliphatic heterocycles. The van der Waals surface area contributed by atoms with Gasteiger partial charge in [0, 0.05) is 32.3 Å². The minimum atomic E-state index is -3.48. The summed E-state index contributed by atoms with van der Waals surface area (Å²) in [6, 6.07) is 8.32. The van der Waals surface area contributed by atoms with Gasteiger partial charge in [0.2, 0.25) is 15.9 Å². The third-order valence-corrected chi connectivity index (χ3v) is 7.08. The third kappa shape index (κ3) is 6.09. The second-order valence-electron chi connectivity index (χ2n) is 6.34. The highest BCUT2D eigenvalue weighted by atomic mass is 32.2. The lowest BCUT2D eigenvalue weighted by atomic mass is 9.94. The molecule has 0 spiro atoms. The molecule has 140 valence electrons. The molecule has 0 radical (unpaired) electrons. The van der Waals surface area contributed by atoms with Gasteiger partial charge in [0.25, 0.3) is 0 Å². The Labute approximate surface area is 149 Å². The van der Waals surface area contributed by atoms with E-state index in [1.165, 1.54) is 4.31 Å². The average molecular weight is 389 g/mol. The second kappa shape index (κ2) is 8.29. The summed E-state index contributed by atoms with van der Waals surface area (Å²) < 4.78 is 48.6. The summed E-state index contributed by atoms with van der Waals surface area (Å²) in [5, 5.41) is 2.60. The van der Waals surface area contributed by atoms with Crippen molar-refractivity contribution in [2.45, 2.75) is 24.2 Å². The predicted octanol–water partition coefficient (Wildman–Crippen LogP) is 0.638. The van der Waals surface area contributed by atoms with Gasteiger partial charge >= 0.3 is 0 Å². The molecule has 1 amide bonds. The molecule has 1 heterocycles. The number of hydrogen-bond acceptors (Lipinski definition) is 5. The van der Waals surface area contributed by atoms with Gasteiger partial charge in [-0.15, -0.1) is 0 Å². The molecular formula is C16H24N2O5S2. The fraction of sp³-hybridized carbons (Fsp3) is 0.562. The molecule has 0 bridgehead atoms. The fourth-order valence-corrected chi connectivity index (χ4v) is 4.77. The number of carbonyl (C=O) groups is 1. The van der Waals surface area contributed by atoms with Crippen LogP contribution in [-0.4, -0.2) is 58.7 Å². The number of rotatable bonds is 7. The number of nitrogens with one attached hydrogen (secondary N) is 1. The highest BCUT2D eigenvalue weighted by Crippen LogP contribution is 2.25. The molecule has 1 saturated heterocycles.